The molecule has 2 aliphatic heterocycles. The van der Waals surface area contributed by atoms with E-state index >= 15 is 0 Å². The molecule has 3 N–H and O–H groups in total. The third-order valence-corrected chi connectivity index (χ3v) is 3.93. The molecule has 0 saturated carbocycles. The fourth-order valence-corrected chi connectivity index (χ4v) is 2.66. The number of hydrogen-bond donors (Lipinski definition) is 2. The second-order valence-corrected chi connectivity index (χ2v) is 5.41. The highest BCUT2D eigenvalue weighted by atomic mass is 16.5. The molecule has 0 spiro atoms. The van der Waals surface area contributed by atoms with Crippen molar-refractivity contribution in [3.8, 4) is 0 Å². The lowest BCUT2D eigenvalue weighted by molar-refractivity contribution is -0.114. The largest absolute Gasteiger partial charge is 0.382 e. The lowest BCUT2D eigenvalue weighted by Gasteiger charge is -2.34. The Morgan fingerprint density at radius 2 is 2.09 bits per heavy atom. The van der Waals surface area contributed by atoms with Crippen molar-refractivity contribution in [2.75, 3.05) is 6.61 Å². The number of nitrogens with two attached hydrogens (primary N) is 1. The number of carbonyl (C=O) groups is 1. The topological polar surface area (TPSA) is 89.1 Å². The van der Waals surface area contributed by atoms with E-state index in [1.165, 1.54) is 0 Å². The number of nitrogens with one attached hydrogen (secondary N) is 1. The first-order chi connectivity index (χ1) is 10.6. The van der Waals surface area contributed by atoms with Crippen molar-refractivity contribution in [2.45, 2.75) is 25.5 Å². The Bertz CT molecular complexity index is 693. The molecular weight excluding hydrogens is 280 g/mol. The monoisotopic (exact) mass is 298 g/mol. The highest BCUT2D eigenvalue weighted by Gasteiger charge is 2.40. The third-order valence-electron chi connectivity index (χ3n) is 3.93. The van der Waals surface area contributed by atoms with Crippen molar-refractivity contribution >= 4 is 18.0 Å². The van der Waals surface area contributed by atoms with Crippen molar-refractivity contribution in [1.82, 2.24) is 5.32 Å². The number of amides is 1. The molecule has 0 saturated heterocycles. The van der Waals surface area contributed by atoms with Crippen molar-refractivity contribution < 1.29 is 9.53 Å². The van der Waals surface area contributed by atoms with Gasteiger partial charge in [-0.05, 0) is 19.4 Å². The van der Waals surface area contributed by atoms with Crippen molar-refractivity contribution in [1.29, 1.82) is 0 Å². The molecule has 6 heteroatoms. The molecule has 3 rings (SSSR count). The van der Waals surface area contributed by atoms with Gasteiger partial charge in [0.15, 0.2) is 11.5 Å². The number of aliphatic imine (C=N–C) groups is 2. The van der Waals surface area contributed by atoms with E-state index in [4.69, 9.17) is 10.5 Å². The third kappa shape index (κ3) is 2.21. The van der Waals surface area contributed by atoms with Gasteiger partial charge < -0.3 is 15.8 Å². The van der Waals surface area contributed by atoms with Crippen LogP contribution in [0.1, 0.15) is 19.4 Å². The van der Waals surface area contributed by atoms with E-state index in [0.717, 1.165) is 5.56 Å². The molecule has 2 atom stereocenters. The fraction of sp³-hybridized carbons (Fsp3) is 0.312. The molecule has 0 radical (unpaired) electrons. The van der Waals surface area contributed by atoms with Crippen LogP contribution >= 0.6 is 0 Å². The van der Waals surface area contributed by atoms with Crippen molar-refractivity contribution in [3.63, 3.8) is 0 Å². The number of benzene rings is 1. The van der Waals surface area contributed by atoms with Gasteiger partial charge in [-0.25, -0.2) is 0 Å². The van der Waals surface area contributed by atoms with Crippen LogP contribution in [0.5, 0.6) is 0 Å². The van der Waals surface area contributed by atoms with E-state index in [1.807, 2.05) is 44.2 Å². The molecule has 2 unspecified atom stereocenters. The SMILES string of the molecule is CCOC1NC2=C(N=CC1(C)c1ccccc1)C(=O)N=C2N. The maximum atomic E-state index is 11.9. The molecular formula is C16H18N4O2. The van der Waals surface area contributed by atoms with Gasteiger partial charge in [0.2, 0.25) is 0 Å². The summed E-state index contributed by atoms with van der Waals surface area (Å²) in [6.07, 6.45) is 1.33. The van der Waals surface area contributed by atoms with Gasteiger partial charge in [0, 0.05) is 12.8 Å². The van der Waals surface area contributed by atoms with E-state index in [0.29, 0.717) is 12.3 Å². The summed E-state index contributed by atoms with van der Waals surface area (Å²) in [4.78, 5) is 20.0. The molecule has 0 aliphatic carbocycles. The molecule has 1 aromatic rings. The Morgan fingerprint density at radius 1 is 1.36 bits per heavy atom. The predicted molar refractivity (Wildman–Crippen MR) is 84.5 cm³/mol. The summed E-state index contributed by atoms with van der Waals surface area (Å²) in [5.74, 6) is -0.275. The Morgan fingerprint density at radius 3 is 2.77 bits per heavy atom. The Balaban J connectivity index is 2.06. The molecule has 0 bridgehead atoms. The number of rotatable bonds is 3. The van der Waals surface area contributed by atoms with Crippen LogP contribution in [0, 0.1) is 0 Å². The lowest BCUT2D eigenvalue weighted by Crippen LogP contribution is -2.49. The fourth-order valence-electron chi connectivity index (χ4n) is 2.66. The summed E-state index contributed by atoms with van der Waals surface area (Å²) in [6.45, 7) is 4.45. The van der Waals surface area contributed by atoms with Crippen LogP contribution < -0.4 is 11.1 Å². The van der Waals surface area contributed by atoms with Crippen LogP contribution in [0.15, 0.2) is 51.7 Å². The van der Waals surface area contributed by atoms with Gasteiger partial charge in [-0.1, -0.05) is 30.3 Å². The quantitative estimate of drug-likeness (QED) is 0.874. The zero-order chi connectivity index (χ0) is 15.7. The van der Waals surface area contributed by atoms with E-state index in [9.17, 15) is 4.79 Å². The molecule has 2 aliphatic rings. The summed E-state index contributed by atoms with van der Waals surface area (Å²) < 4.78 is 5.87. The minimum atomic E-state index is -0.540. The molecule has 1 amide bonds. The Kier molecular flexibility index (Phi) is 3.54. The smallest absolute Gasteiger partial charge is 0.299 e. The van der Waals surface area contributed by atoms with E-state index in [-0.39, 0.29) is 11.5 Å². The van der Waals surface area contributed by atoms with Crippen LogP contribution in [0.2, 0.25) is 0 Å². The number of hydrogen-bond acceptors (Lipinski definition) is 5. The highest BCUT2D eigenvalue weighted by molar-refractivity contribution is 6.18. The van der Waals surface area contributed by atoms with Crippen LogP contribution in [0.3, 0.4) is 0 Å². The summed E-state index contributed by atoms with van der Waals surface area (Å²) in [5, 5.41) is 3.20. The molecule has 114 valence electrons. The summed E-state index contributed by atoms with van der Waals surface area (Å²) in [5.41, 5.74) is 6.99. The Hall–Kier alpha value is -2.47. The molecule has 22 heavy (non-hydrogen) atoms. The van der Waals surface area contributed by atoms with Gasteiger partial charge in [0.1, 0.15) is 11.9 Å². The molecule has 0 aromatic heterocycles. The number of nitrogens with zero attached hydrogens (tertiary/aromatic N) is 2. The first-order valence-corrected chi connectivity index (χ1v) is 7.18. The number of carbonyl (C=O) groups excluding carboxylic acids is 1. The minimum Gasteiger partial charge on any atom is -0.382 e. The van der Waals surface area contributed by atoms with Gasteiger partial charge in [-0.15, -0.1) is 0 Å². The molecule has 1 aromatic carbocycles. The van der Waals surface area contributed by atoms with Gasteiger partial charge in [0.25, 0.3) is 5.91 Å². The molecule has 6 nitrogen and oxygen atoms in total. The molecule has 0 fully saturated rings. The zero-order valence-electron chi connectivity index (χ0n) is 12.5. The van der Waals surface area contributed by atoms with Crippen LogP contribution in [-0.4, -0.2) is 30.8 Å². The number of amidine groups is 1. The van der Waals surface area contributed by atoms with E-state index in [2.05, 4.69) is 15.3 Å². The first-order valence-electron chi connectivity index (χ1n) is 7.18. The normalized spacial score (nSPS) is 27.3. The van der Waals surface area contributed by atoms with E-state index in [1.54, 1.807) is 6.21 Å². The maximum Gasteiger partial charge on any atom is 0.299 e. The highest BCUT2D eigenvalue weighted by Crippen LogP contribution is 2.31. The summed E-state index contributed by atoms with van der Waals surface area (Å²) in [7, 11) is 0. The zero-order valence-corrected chi connectivity index (χ0v) is 12.5. The van der Waals surface area contributed by atoms with E-state index < -0.39 is 17.6 Å². The van der Waals surface area contributed by atoms with Crippen LogP contribution in [-0.2, 0) is 14.9 Å². The summed E-state index contributed by atoms with van der Waals surface area (Å²) in [6, 6.07) is 9.90. The number of ether oxygens (including phenoxy) is 1. The van der Waals surface area contributed by atoms with Gasteiger partial charge in [-0.2, -0.15) is 4.99 Å². The van der Waals surface area contributed by atoms with Gasteiger partial charge in [0.05, 0.1) is 5.41 Å². The lowest BCUT2D eigenvalue weighted by atomic mass is 9.81. The van der Waals surface area contributed by atoms with Crippen molar-refractivity contribution in [3.05, 3.63) is 47.3 Å². The standard InChI is InChI=1S/C16H18N4O2/c1-3-22-15-16(2,10-7-5-4-6-8-10)9-18-12-11(19-15)13(17)20-14(12)21/h4-9,15,19H,3H2,1-2H3,(H2,17,20,21). The predicted octanol–water partition coefficient (Wildman–Crippen LogP) is 1.09. The maximum absolute atomic E-state index is 11.9. The second kappa shape index (κ2) is 5.38. The second-order valence-electron chi connectivity index (χ2n) is 5.41. The van der Waals surface area contributed by atoms with Gasteiger partial charge >= 0.3 is 0 Å². The minimum absolute atomic E-state index is 0.152. The van der Waals surface area contributed by atoms with Gasteiger partial charge in [-0.3, -0.25) is 9.79 Å². The Labute approximate surface area is 128 Å². The molecule has 2 heterocycles. The van der Waals surface area contributed by atoms with Crippen molar-refractivity contribution in [2.24, 2.45) is 15.7 Å². The van der Waals surface area contributed by atoms with Crippen LogP contribution in [0.4, 0.5) is 0 Å². The summed E-state index contributed by atoms with van der Waals surface area (Å²) >= 11 is 0. The average Bonchev–Trinajstić information content (AvgIpc) is 2.69. The average molecular weight is 298 g/mol. The first kappa shape index (κ1) is 14.5. The van der Waals surface area contributed by atoms with Crippen LogP contribution in [0.25, 0.3) is 0 Å².